The molecule has 2 aromatic rings. The Balaban J connectivity index is 2.21. The summed E-state index contributed by atoms with van der Waals surface area (Å²) >= 11 is 1.31. The molecule has 2 heterocycles. The van der Waals surface area contributed by atoms with E-state index in [0.717, 1.165) is 0 Å². The predicted molar refractivity (Wildman–Crippen MR) is 110 cm³/mol. The Kier molecular flexibility index (Phi) is 8.54. The minimum Gasteiger partial charge on any atom is -0.383 e. The Bertz CT molecular complexity index is 872. The van der Waals surface area contributed by atoms with E-state index in [4.69, 9.17) is 4.74 Å². The number of aliphatic imine (C=N–C) groups is 1. The minimum absolute atomic E-state index is 0.0181. The van der Waals surface area contributed by atoms with Crippen LogP contribution in [-0.2, 0) is 4.74 Å². The second kappa shape index (κ2) is 10.9. The second-order valence-electron chi connectivity index (χ2n) is 6.01. The third-order valence-corrected chi connectivity index (χ3v) is 4.51. The van der Waals surface area contributed by atoms with E-state index in [0.29, 0.717) is 33.9 Å². The Hall–Kier alpha value is -2.73. The molecule has 0 aliphatic carbocycles. The van der Waals surface area contributed by atoms with Gasteiger partial charge in [-0.25, -0.2) is 9.97 Å². The molecule has 0 fully saturated rings. The number of halogens is 3. The van der Waals surface area contributed by atoms with Gasteiger partial charge >= 0.3 is 6.18 Å². The second-order valence-corrected chi connectivity index (χ2v) is 6.87. The highest BCUT2D eigenvalue weighted by atomic mass is 32.1. The zero-order valence-electron chi connectivity index (χ0n) is 16.8. The van der Waals surface area contributed by atoms with Crippen molar-refractivity contribution >= 4 is 28.3 Å². The molecule has 2 rings (SSSR count). The van der Waals surface area contributed by atoms with Crippen LogP contribution in [0.4, 0.5) is 18.3 Å². The number of hydrogen-bond donors (Lipinski definition) is 2. The number of ether oxygens (including phenoxy) is 1. The van der Waals surface area contributed by atoms with Crippen LogP contribution < -0.4 is 10.6 Å². The molecule has 164 valence electrons. The van der Waals surface area contributed by atoms with Crippen molar-refractivity contribution < 1.29 is 22.7 Å². The van der Waals surface area contributed by atoms with Crippen molar-refractivity contribution in [3.63, 3.8) is 0 Å². The number of carbonyl (C=O) groups is 1. The van der Waals surface area contributed by atoms with E-state index in [1.165, 1.54) is 24.5 Å². The smallest absolute Gasteiger partial charge is 0.383 e. The Morgan fingerprint density at radius 3 is 2.70 bits per heavy atom. The molecule has 2 aromatic heterocycles. The zero-order valence-corrected chi connectivity index (χ0v) is 17.6. The van der Waals surface area contributed by atoms with Crippen LogP contribution in [0.3, 0.4) is 0 Å². The van der Waals surface area contributed by atoms with E-state index in [1.807, 2.05) is 6.92 Å². The average Bonchev–Trinajstić information content (AvgIpc) is 3.18. The van der Waals surface area contributed by atoms with Crippen molar-refractivity contribution in [2.75, 3.05) is 45.7 Å². The van der Waals surface area contributed by atoms with E-state index in [-0.39, 0.29) is 18.8 Å². The summed E-state index contributed by atoms with van der Waals surface area (Å²) in [6.45, 7) is 1.02. The number of anilines is 1. The average molecular weight is 444 g/mol. The number of amides is 1. The van der Waals surface area contributed by atoms with E-state index >= 15 is 0 Å². The van der Waals surface area contributed by atoms with Gasteiger partial charge in [0.05, 0.1) is 12.3 Å². The van der Waals surface area contributed by atoms with E-state index in [1.54, 1.807) is 24.6 Å². The lowest BCUT2D eigenvalue weighted by Gasteiger charge is -2.23. The lowest BCUT2D eigenvalue weighted by Crippen LogP contribution is -2.41. The van der Waals surface area contributed by atoms with Crippen molar-refractivity contribution in [1.82, 2.24) is 20.2 Å². The molecule has 0 spiro atoms. The molecule has 0 bridgehead atoms. The number of methoxy groups -OCH3 is 1. The van der Waals surface area contributed by atoms with Crippen molar-refractivity contribution in [3.8, 4) is 11.4 Å². The van der Waals surface area contributed by atoms with Gasteiger partial charge in [-0.15, -0.1) is 11.3 Å². The number of aromatic nitrogens is 2. The molecule has 0 radical (unpaired) electrons. The fraction of sp³-hybridized carbons (Fsp3) is 0.444. The van der Waals surface area contributed by atoms with Crippen molar-refractivity contribution in [2.45, 2.75) is 13.1 Å². The Morgan fingerprint density at radius 2 is 2.07 bits per heavy atom. The van der Waals surface area contributed by atoms with Gasteiger partial charge in [0.2, 0.25) is 0 Å². The Labute approximate surface area is 176 Å². The predicted octanol–water partition coefficient (Wildman–Crippen LogP) is 2.86. The van der Waals surface area contributed by atoms with Crippen molar-refractivity contribution in [1.29, 1.82) is 0 Å². The topological polar surface area (TPSA) is 91.7 Å². The van der Waals surface area contributed by atoms with Crippen LogP contribution in [0.25, 0.3) is 11.4 Å². The SMILES string of the molecule is CCNC(=NC)Nc1nc(-c2cccc(C(=O)N(CCOC)CC(F)(F)F)n2)cs1. The maximum Gasteiger partial charge on any atom is 0.406 e. The third-order valence-electron chi connectivity index (χ3n) is 3.75. The fourth-order valence-corrected chi connectivity index (χ4v) is 3.13. The van der Waals surface area contributed by atoms with Crippen LogP contribution in [0.15, 0.2) is 28.6 Å². The minimum atomic E-state index is -4.53. The van der Waals surface area contributed by atoms with Crippen LogP contribution in [-0.4, -0.2) is 73.3 Å². The molecule has 0 aliphatic heterocycles. The first-order valence-corrected chi connectivity index (χ1v) is 9.91. The first kappa shape index (κ1) is 23.5. The first-order chi connectivity index (χ1) is 14.3. The molecule has 2 N–H and O–H groups in total. The quantitative estimate of drug-likeness (QED) is 0.481. The molecular weight excluding hydrogens is 421 g/mol. The summed E-state index contributed by atoms with van der Waals surface area (Å²) in [5, 5.41) is 8.36. The monoisotopic (exact) mass is 444 g/mol. The van der Waals surface area contributed by atoms with Crippen LogP contribution in [0, 0.1) is 0 Å². The molecule has 30 heavy (non-hydrogen) atoms. The molecular formula is C18H23F3N6O2S. The fourth-order valence-electron chi connectivity index (χ4n) is 2.43. The third kappa shape index (κ3) is 6.95. The van der Waals surface area contributed by atoms with E-state index in [9.17, 15) is 18.0 Å². The normalized spacial score (nSPS) is 12.0. The number of nitrogens with zero attached hydrogens (tertiary/aromatic N) is 4. The van der Waals surface area contributed by atoms with Crippen LogP contribution in [0.2, 0.25) is 0 Å². The highest BCUT2D eigenvalue weighted by Gasteiger charge is 2.33. The van der Waals surface area contributed by atoms with Crippen molar-refractivity contribution in [3.05, 3.63) is 29.3 Å². The van der Waals surface area contributed by atoms with Gasteiger partial charge in [-0.2, -0.15) is 13.2 Å². The van der Waals surface area contributed by atoms with Gasteiger partial charge in [0.25, 0.3) is 5.91 Å². The molecule has 0 atom stereocenters. The number of hydrogen-bond acceptors (Lipinski definition) is 6. The summed E-state index contributed by atoms with van der Waals surface area (Å²) in [5.41, 5.74) is 0.768. The van der Waals surface area contributed by atoms with Crippen LogP contribution in [0.5, 0.6) is 0 Å². The lowest BCUT2D eigenvalue weighted by atomic mass is 10.2. The van der Waals surface area contributed by atoms with Crippen LogP contribution >= 0.6 is 11.3 Å². The molecule has 0 saturated heterocycles. The van der Waals surface area contributed by atoms with Gasteiger partial charge in [-0.05, 0) is 19.1 Å². The number of rotatable bonds is 8. The Morgan fingerprint density at radius 1 is 1.30 bits per heavy atom. The number of thiazole rings is 1. The first-order valence-electron chi connectivity index (χ1n) is 9.03. The van der Waals surface area contributed by atoms with Gasteiger partial charge in [0.1, 0.15) is 17.9 Å². The van der Waals surface area contributed by atoms with Gasteiger partial charge in [-0.3, -0.25) is 9.79 Å². The van der Waals surface area contributed by atoms with Crippen molar-refractivity contribution in [2.24, 2.45) is 4.99 Å². The molecule has 0 unspecified atom stereocenters. The summed E-state index contributed by atoms with van der Waals surface area (Å²) in [6.07, 6.45) is -4.53. The van der Waals surface area contributed by atoms with Gasteiger partial charge in [-0.1, -0.05) is 6.07 Å². The molecule has 0 aliphatic rings. The molecule has 0 aromatic carbocycles. The number of carbonyl (C=O) groups excluding carboxylic acids is 1. The molecule has 12 heteroatoms. The number of nitrogens with one attached hydrogen (secondary N) is 2. The van der Waals surface area contributed by atoms with E-state index in [2.05, 4.69) is 25.6 Å². The summed E-state index contributed by atoms with van der Waals surface area (Å²) in [5.74, 6) is -0.274. The summed E-state index contributed by atoms with van der Waals surface area (Å²) in [4.78, 5) is 26.0. The molecule has 0 saturated carbocycles. The van der Waals surface area contributed by atoms with Gasteiger partial charge in [0.15, 0.2) is 11.1 Å². The molecule has 1 amide bonds. The van der Waals surface area contributed by atoms with Gasteiger partial charge < -0.3 is 20.3 Å². The summed E-state index contributed by atoms with van der Waals surface area (Å²) < 4.78 is 43.4. The maximum absolute atomic E-state index is 12.9. The summed E-state index contributed by atoms with van der Waals surface area (Å²) in [6, 6.07) is 4.57. The van der Waals surface area contributed by atoms with E-state index < -0.39 is 18.6 Å². The lowest BCUT2D eigenvalue weighted by molar-refractivity contribution is -0.141. The van der Waals surface area contributed by atoms with Crippen LogP contribution in [0.1, 0.15) is 17.4 Å². The maximum atomic E-state index is 12.9. The highest BCUT2D eigenvalue weighted by Crippen LogP contribution is 2.24. The number of alkyl halides is 3. The standard InChI is InChI=1S/C18H23F3N6O2S/c1-4-23-16(22-2)26-17-25-14(10-30-17)12-6-5-7-13(24-12)15(28)27(8-9-29-3)11-18(19,20)21/h5-7,10H,4,8-9,11H2,1-3H3,(H2,22,23,25,26). The van der Waals surface area contributed by atoms with Gasteiger partial charge in [0, 0.05) is 32.6 Å². The zero-order chi connectivity index (χ0) is 22.1. The number of guanidine groups is 1. The largest absolute Gasteiger partial charge is 0.406 e. The summed E-state index contributed by atoms with van der Waals surface area (Å²) in [7, 11) is 2.99. The number of pyridine rings is 1. The molecule has 8 nitrogen and oxygen atoms in total. The highest BCUT2D eigenvalue weighted by molar-refractivity contribution is 7.14.